The van der Waals surface area contributed by atoms with E-state index in [9.17, 15) is 30.6 Å². The molecule has 123 heavy (non-hydrogen) atoms. The fourth-order valence-electron chi connectivity index (χ4n) is 15.8. The molecule has 3 unspecified atom stereocenters. The van der Waals surface area contributed by atoms with Gasteiger partial charge in [-0.05, 0) is 204 Å². The summed E-state index contributed by atoms with van der Waals surface area (Å²) in [5.41, 5.74) is 15.2. The van der Waals surface area contributed by atoms with Crippen molar-refractivity contribution in [1.82, 2.24) is 31.9 Å². The Labute approximate surface area is 774 Å². The first-order valence-corrected chi connectivity index (χ1v) is 44.9. The molecule has 0 aliphatic carbocycles. The van der Waals surface area contributed by atoms with Gasteiger partial charge in [-0.3, -0.25) is 16.0 Å². The molecule has 6 aromatic carbocycles. The second-order valence-electron chi connectivity index (χ2n) is 47.5. The summed E-state index contributed by atoms with van der Waals surface area (Å²) in [7, 11) is 0. The Balaban J connectivity index is 0.000000383. The third-order valence-electron chi connectivity index (χ3n) is 24.2. The molecule has 0 radical (unpaired) electrons. The zero-order valence-electron chi connectivity index (χ0n) is 82.8. The Morgan fingerprint density at radius 2 is 0.366 bits per heavy atom. The number of rotatable bonds is 18. The van der Waals surface area contributed by atoms with Crippen LogP contribution < -0.4 is 74.9 Å². The molecule has 6 atom stereocenters. The van der Waals surface area contributed by atoms with Gasteiger partial charge in [-0.15, -0.1) is 34.5 Å². The zero-order chi connectivity index (χ0) is 90.8. The van der Waals surface area contributed by atoms with Gasteiger partial charge < -0.3 is 73.2 Å². The predicted octanol–water partition coefficient (Wildman–Crippen LogP) is 16.2. The van der Waals surface area contributed by atoms with Crippen molar-refractivity contribution < 1.29 is 91.4 Å². The summed E-state index contributed by atoms with van der Waals surface area (Å²) < 4.78 is 18.5. The van der Waals surface area contributed by atoms with Gasteiger partial charge in [0.1, 0.15) is 18.7 Å². The second-order valence-corrected chi connectivity index (χ2v) is 47.5. The van der Waals surface area contributed by atoms with Crippen molar-refractivity contribution in [2.45, 2.75) is 429 Å². The number of hydrogen-bond donors (Lipinski definition) is 6. The molecular formula is C105H162ClMn2N6O9-. The topological polar surface area (TPSA) is 238 Å². The molecule has 3 fully saturated rings. The van der Waals surface area contributed by atoms with Crippen molar-refractivity contribution in [2.75, 3.05) is 19.8 Å². The van der Waals surface area contributed by atoms with E-state index in [4.69, 9.17) is 14.2 Å². The molecule has 9 rings (SSSR count). The largest absolute Gasteiger partial charge is 3.00 e. The minimum Gasteiger partial charge on any atom is -1.00 e. The first-order chi connectivity index (χ1) is 54.6. The molecule has 6 N–H and O–H groups in total. The van der Waals surface area contributed by atoms with Gasteiger partial charge in [0.15, 0.2) is 0 Å². The first-order valence-electron chi connectivity index (χ1n) is 44.9. The fourth-order valence-corrected chi connectivity index (χ4v) is 15.8. The minimum atomic E-state index is -0.243. The summed E-state index contributed by atoms with van der Waals surface area (Å²) in [5.74, 6) is 0.700. The predicted molar refractivity (Wildman–Crippen MR) is 489 cm³/mol. The maximum Gasteiger partial charge on any atom is 3.00 e. The molecule has 3 saturated heterocycles. The van der Waals surface area contributed by atoms with Crippen LogP contribution in [0.2, 0.25) is 0 Å². The summed E-state index contributed by atoms with van der Waals surface area (Å²) in [6.45, 7) is 82.0. The molecule has 0 amide bonds. The monoisotopic (exact) mass is 1800 g/mol. The van der Waals surface area contributed by atoms with E-state index >= 15 is 0 Å². The van der Waals surface area contributed by atoms with E-state index in [-0.39, 0.29) is 183 Å². The van der Waals surface area contributed by atoms with Gasteiger partial charge in [-0.25, -0.2) is 0 Å². The van der Waals surface area contributed by atoms with E-state index in [1.54, 1.807) is 0 Å². The van der Waals surface area contributed by atoms with Gasteiger partial charge in [0.2, 0.25) is 0 Å². The maximum atomic E-state index is 13.5. The van der Waals surface area contributed by atoms with E-state index in [1.807, 2.05) is 0 Å². The van der Waals surface area contributed by atoms with Crippen LogP contribution in [0.15, 0.2) is 72.8 Å². The van der Waals surface area contributed by atoms with Gasteiger partial charge in [-0.2, -0.15) is 0 Å². The molecule has 3 heterocycles. The molecule has 6 aromatic rings. The van der Waals surface area contributed by atoms with Crippen LogP contribution in [0, 0.1) is 0 Å². The van der Waals surface area contributed by atoms with Crippen LogP contribution in [0.4, 0.5) is 0 Å². The number of nitrogens with one attached hydrogen (secondary N) is 6. The van der Waals surface area contributed by atoms with Gasteiger partial charge in [0, 0.05) is 77.2 Å². The average Bonchev–Trinajstić information content (AvgIpc) is 0.808. The molecular weight excluding hydrogens is 1630 g/mol. The molecule has 0 spiro atoms. The Bertz CT molecular complexity index is 3710. The molecule has 3 aliphatic heterocycles. The summed E-state index contributed by atoms with van der Waals surface area (Å²) in [5, 5.41) is 103. The zero-order valence-corrected chi connectivity index (χ0v) is 85.9. The van der Waals surface area contributed by atoms with Crippen molar-refractivity contribution in [3.05, 3.63) is 173 Å². The van der Waals surface area contributed by atoms with Crippen LogP contribution in [-0.4, -0.2) is 56.6 Å². The number of benzene rings is 6. The van der Waals surface area contributed by atoms with E-state index in [2.05, 4.69) is 354 Å². The van der Waals surface area contributed by atoms with Gasteiger partial charge in [0.05, 0.1) is 0 Å². The number of hydrogen-bond acceptors (Lipinski definition) is 15. The van der Waals surface area contributed by atoms with Crippen molar-refractivity contribution >= 4 is 0 Å². The van der Waals surface area contributed by atoms with Gasteiger partial charge in [-0.1, -0.05) is 322 Å². The Hall–Kier alpha value is -4.91. The fraction of sp³-hybridized carbons (Fsp3) is 0.657. The third-order valence-corrected chi connectivity index (χ3v) is 24.2. The van der Waals surface area contributed by atoms with Crippen LogP contribution in [0.5, 0.6) is 34.5 Å². The smallest absolute Gasteiger partial charge is 1.00 e. The van der Waals surface area contributed by atoms with Crippen molar-refractivity contribution in [1.29, 1.82) is 0 Å². The Morgan fingerprint density at radius 3 is 0.496 bits per heavy atom. The minimum absolute atomic E-state index is 0. The van der Waals surface area contributed by atoms with E-state index < -0.39 is 0 Å². The van der Waals surface area contributed by atoms with Crippen LogP contribution >= 0.6 is 0 Å². The third kappa shape index (κ3) is 30.3. The van der Waals surface area contributed by atoms with Crippen LogP contribution in [0.1, 0.15) is 388 Å². The molecule has 0 bridgehead atoms. The molecule has 3 aliphatic rings. The van der Waals surface area contributed by atoms with Gasteiger partial charge >= 0.3 is 34.1 Å². The standard InChI is InChI=1S/3C35H56N2O3.ClH.2Mn/c3*1-32(2,3)24-16-22(29(38)26(18-24)34(7,8)9)20-36-28-14-13-15-40-31(28)37-21-23-17-25(33(4,5)6)19-27(30(23)39)35(10,11)12;;;/h3*16-19,28,31,36-39H,13-15,20-21H2,1-12H3;1H;;/q;;;;2*+3/p-7/t3*28-,31?;;;/m111.../s1. The van der Waals surface area contributed by atoms with E-state index in [1.165, 1.54) is 33.4 Å². The summed E-state index contributed by atoms with van der Waals surface area (Å²) >= 11 is 0. The number of halogens is 1. The van der Waals surface area contributed by atoms with Crippen LogP contribution in [-0.2, 0) is 153 Å². The quantitative estimate of drug-likeness (QED) is 0.0439. The first kappa shape index (κ1) is 110. The SMILES string of the molecule is CC(C)(C)c1cc(CNC2OCCC[C@H]2NCc2cc(C(C)(C)C)cc(C(C)(C)C)c2[O-])c([O-])c(C(C)(C)C)c1.CC(C)(C)c1cc(CNC2OCCC[C@H]2NCc2cc(C(C)(C)C)cc(C(C)(C)C)c2[O-])c([O-])c(C(C)(C)C)c1.CC(C)(C)c1cc(CNC2OCCC[C@H]2NCc2cc(C(C)(C)C)cc(C(C)(C)C)c2[O-])c([O-])c(C(C)(C)C)c1.[Cl-].[Mn+3].[Mn+3]. The number of ether oxygens (including phenoxy) is 3. The van der Waals surface area contributed by atoms with Crippen LogP contribution in [0.3, 0.4) is 0 Å². The average molecular weight is 1800 g/mol. The molecule has 0 saturated carbocycles. The molecule has 15 nitrogen and oxygen atoms in total. The second kappa shape index (κ2) is 42.3. The Morgan fingerprint density at radius 1 is 0.228 bits per heavy atom. The summed E-state index contributed by atoms with van der Waals surface area (Å²) in [6, 6.07) is 25.1. The molecule has 18 heteroatoms. The summed E-state index contributed by atoms with van der Waals surface area (Å²) in [6.07, 6.45) is 4.96. The van der Waals surface area contributed by atoms with E-state index in [0.29, 0.717) is 59.1 Å². The van der Waals surface area contributed by atoms with Crippen molar-refractivity contribution in [3.63, 3.8) is 0 Å². The normalized spacial score (nSPS) is 18.7. The summed E-state index contributed by atoms with van der Waals surface area (Å²) in [4.78, 5) is 0. The van der Waals surface area contributed by atoms with Crippen molar-refractivity contribution in [3.8, 4) is 34.5 Å². The Kier molecular flexibility index (Phi) is 38.0. The van der Waals surface area contributed by atoms with E-state index in [0.717, 1.165) is 105 Å². The van der Waals surface area contributed by atoms with Crippen LogP contribution in [0.25, 0.3) is 0 Å². The maximum absolute atomic E-state index is 13.5. The van der Waals surface area contributed by atoms with Crippen molar-refractivity contribution in [2.24, 2.45) is 0 Å². The van der Waals surface area contributed by atoms with Gasteiger partial charge in [0.25, 0.3) is 0 Å². The molecule has 0 aromatic heterocycles. The molecule has 688 valence electrons.